The van der Waals surface area contributed by atoms with E-state index in [0.717, 1.165) is 12.0 Å². The standard InChI is InChI=1S/C13H17F3N2O/c14-13(15,16)11(12(17)18)9-19-8-4-7-10-5-2-1-3-6-10/h1-3,5-6,11H,4,7-9H2,(H3,17,18). The summed E-state index contributed by atoms with van der Waals surface area (Å²) in [5.41, 5.74) is 6.03. The fourth-order valence-electron chi connectivity index (χ4n) is 1.58. The molecule has 0 saturated heterocycles. The summed E-state index contributed by atoms with van der Waals surface area (Å²) >= 11 is 0. The zero-order valence-electron chi connectivity index (χ0n) is 10.4. The van der Waals surface area contributed by atoms with Crippen LogP contribution in [0.3, 0.4) is 0 Å². The minimum absolute atomic E-state index is 0.217. The van der Waals surface area contributed by atoms with E-state index in [-0.39, 0.29) is 6.61 Å². The Morgan fingerprint density at radius 1 is 1.26 bits per heavy atom. The molecule has 1 aromatic carbocycles. The quantitative estimate of drug-likeness (QED) is 0.456. The predicted molar refractivity (Wildman–Crippen MR) is 67.0 cm³/mol. The van der Waals surface area contributed by atoms with Gasteiger partial charge >= 0.3 is 6.18 Å². The highest BCUT2D eigenvalue weighted by atomic mass is 19.4. The van der Waals surface area contributed by atoms with Crippen LogP contribution in [0, 0.1) is 11.3 Å². The van der Waals surface area contributed by atoms with Gasteiger partial charge in [-0.25, -0.2) is 0 Å². The summed E-state index contributed by atoms with van der Waals surface area (Å²) in [5.74, 6) is -2.92. The third-order valence-electron chi connectivity index (χ3n) is 2.65. The van der Waals surface area contributed by atoms with Crippen molar-refractivity contribution in [1.82, 2.24) is 0 Å². The van der Waals surface area contributed by atoms with Crippen LogP contribution in [0.15, 0.2) is 30.3 Å². The van der Waals surface area contributed by atoms with E-state index in [1.807, 2.05) is 30.3 Å². The second-order valence-electron chi connectivity index (χ2n) is 4.21. The van der Waals surface area contributed by atoms with Crippen LogP contribution in [0.5, 0.6) is 0 Å². The summed E-state index contributed by atoms with van der Waals surface area (Å²) < 4.78 is 42.3. The Bertz CT molecular complexity index is 393. The molecule has 0 amide bonds. The van der Waals surface area contributed by atoms with Crippen molar-refractivity contribution < 1.29 is 17.9 Å². The lowest BCUT2D eigenvalue weighted by atomic mass is 10.1. The number of benzene rings is 1. The van der Waals surface area contributed by atoms with Gasteiger partial charge in [-0.05, 0) is 18.4 Å². The first kappa shape index (κ1) is 15.5. The van der Waals surface area contributed by atoms with E-state index < -0.39 is 24.5 Å². The number of ether oxygens (including phenoxy) is 1. The van der Waals surface area contributed by atoms with E-state index in [1.54, 1.807) is 0 Å². The van der Waals surface area contributed by atoms with Gasteiger partial charge in [0.1, 0.15) is 11.8 Å². The van der Waals surface area contributed by atoms with Crippen molar-refractivity contribution in [2.24, 2.45) is 11.7 Å². The molecule has 0 heterocycles. The van der Waals surface area contributed by atoms with Crippen molar-refractivity contribution in [2.45, 2.75) is 19.0 Å². The highest BCUT2D eigenvalue weighted by Gasteiger charge is 2.41. The maximum Gasteiger partial charge on any atom is 0.400 e. The van der Waals surface area contributed by atoms with Crippen LogP contribution in [0.2, 0.25) is 0 Å². The molecule has 0 aliphatic heterocycles. The molecule has 0 aromatic heterocycles. The first-order valence-electron chi connectivity index (χ1n) is 5.93. The van der Waals surface area contributed by atoms with E-state index in [9.17, 15) is 13.2 Å². The summed E-state index contributed by atoms with van der Waals surface area (Å²) in [5, 5.41) is 6.90. The molecule has 0 fully saturated rings. The topological polar surface area (TPSA) is 59.1 Å². The molecule has 0 saturated carbocycles. The Hall–Kier alpha value is -1.56. The molecular formula is C13H17F3N2O. The van der Waals surface area contributed by atoms with Crippen molar-refractivity contribution >= 4 is 5.84 Å². The summed E-state index contributed by atoms with van der Waals surface area (Å²) in [4.78, 5) is 0. The van der Waals surface area contributed by atoms with Crippen LogP contribution in [0.4, 0.5) is 13.2 Å². The number of halogens is 3. The first-order chi connectivity index (χ1) is 8.91. The molecule has 6 heteroatoms. The Labute approximate surface area is 110 Å². The number of hydrogen-bond donors (Lipinski definition) is 2. The number of alkyl halides is 3. The summed E-state index contributed by atoms with van der Waals surface area (Å²) in [6.45, 7) is -0.373. The average molecular weight is 274 g/mol. The molecule has 0 aliphatic rings. The van der Waals surface area contributed by atoms with Gasteiger partial charge in [0.05, 0.1) is 6.61 Å². The van der Waals surface area contributed by atoms with Crippen LogP contribution in [-0.4, -0.2) is 25.2 Å². The van der Waals surface area contributed by atoms with Gasteiger partial charge < -0.3 is 10.5 Å². The van der Waals surface area contributed by atoms with Gasteiger partial charge in [0.15, 0.2) is 0 Å². The highest BCUT2D eigenvalue weighted by Crippen LogP contribution is 2.26. The Balaban J connectivity index is 2.25. The van der Waals surface area contributed by atoms with Crippen LogP contribution in [0.1, 0.15) is 12.0 Å². The molecule has 0 radical (unpaired) electrons. The Morgan fingerprint density at radius 2 is 1.89 bits per heavy atom. The molecule has 1 aromatic rings. The molecule has 3 N–H and O–H groups in total. The smallest absolute Gasteiger partial charge is 0.387 e. The van der Waals surface area contributed by atoms with Crippen LogP contribution >= 0.6 is 0 Å². The average Bonchev–Trinajstić information content (AvgIpc) is 2.32. The molecule has 106 valence electrons. The summed E-state index contributed by atoms with van der Waals surface area (Å²) in [6, 6.07) is 9.63. The van der Waals surface area contributed by atoms with Crippen molar-refractivity contribution in [3.63, 3.8) is 0 Å². The van der Waals surface area contributed by atoms with E-state index in [2.05, 4.69) is 0 Å². The van der Waals surface area contributed by atoms with Gasteiger partial charge in [-0.2, -0.15) is 13.2 Å². The zero-order valence-corrected chi connectivity index (χ0v) is 10.4. The molecule has 19 heavy (non-hydrogen) atoms. The Kier molecular flexibility index (Phi) is 5.82. The lowest BCUT2D eigenvalue weighted by Gasteiger charge is -2.18. The van der Waals surface area contributed by atoms with E-state index in [1.165, 1.54) is 0 Å². The third kappa shape index (κ3) is 5.74. The van der Waals surface area contributed by atoms with Gasteiger partial charge in [-0.1, -0.05) is 30.3 Å². The second kappa shape index (κ2) is 7.13. The summed E-state index contributed by atoms with van der Waals surface area (Å²) in [7, 11) is 0. The van der Waals surface area contributed by atoms with Gasteiger partial charge in [0.2, 0.25) is 0 Å². The fourth-order valence-corrected chi connectivity index (χ4v) is 1.58. The van der Waals surface area contributed by atoms with E-state index in [4.69, 9.17) is 15.9 Å². The Morgan fingerprint density at radius 3 is 2.42 bits per heavy atom. The minimum Gasteiger partial charge on any atom is -0.387 e. The molecule has 0 bridgehead atoms. The molecular weight excluding hydrogens is 257 g/mol. The molecule has 1 unspecified atom stereocenters. The minimum atomic E-state index is -4.52. The number of amidine groups is 1. The number of rotatable bonds is 7. The fraction of sp³-hybridized carbons (Fsp3) is 0.462. The lowest BCUT2D eigenvalue weighted by Crippen LogP contribution is -2.38. The predicted octanol–water partition coefficient (Wildman–Crippen LogP) is 2.75. The first-order valence-corrected chi connectivity index (χ1v) is 5.93. The van der Waals surface area contributed by atoms with E-state index >= 15 is 0 Å². The number of nitrogens with two attached hydrogens (primary N) is 1. The second-order valence-corrected chi connectivity index (χ2v) is 4.21. The van der Waals surface area contributed by atoms with Gasteiger partial charge in [0.25, 0.3) is 0 Å². The third-order valence-corrected chi connectivity index (χ3v) is 2.65. The van der Waals surface area contributed by atoms with Crippen LogP contribution in [0.25, 0.3) is 0 Å². The molecule has 0 aliphatic carbocycles. The largest absolute Gasteiger partial charge is 0.400 e. The maximum atomic E-state index is 12.4. The van der Waals surface area contributed by atoms with Crippen LogP contribution < -0.4 is 5.73 Å². The van der Waals surface area contributed by atoms with Crippen molar-refractivity contribution in [1.29, 1.82) is 5.41 Å². The SMILES string of the molecule is N=C(N)C(COCCCc1ccccc1)C(F)(F)F. The van der Waals surface area contributed by atoms with Gasteiger partial charge in [0, 0.05) is 6.61 Å². The van der Waals surface area contributed by atoms with E-state index in [0.29, 0.717) is 6.42 Å². The van der Waals surface area contributed by atoms with Crippen molar-refractivity contribution in [3.05, 3.63) is 35.9 Å². The molecule has 1 rings (SSSR count). The van der Waals surface area contributed by atoms with Crippen molar-refractivity contribution in [2.75, 3.05) is 13.2 Å². The molecule has 0 spiro atoms. The van der Waals surface area contributed by atoms with Gasteiger partial charge in [-0.15, -0.1) is 0 Å². The number of aryl methyl sites for hydroxylation is 1. The van der Waals surface area contributed by atoms with Crippen molar-refractivity contribution in [3.8, 4) is 0 Å². The maximum absolute atomic E-state index is 12.4. The highest BCUT2D eigenvalue weighted by molar-refractivity contribution is 5.80. The normalized spacial score (nSPS) is 13.2. The lowest BCUT2D eigenvalue weighted by molar-refractivity contribution is -0.168. The molecule has 3 nitrogen and oxygen atoms in total. The van der Waals surface area contributed by atoms with Gasteiger partial charge in [-0.3, -0.25) is 5.41 Å². The molecule has 1 atom stereocenters. The monoisotopic (exact) mass is 274 g/mol. The summed E-state index contributed by atoms with van der Waals surface area (Å²) in [6.07, 6.45) is -3.14. The number of nitrogens with one attached hydrogen (secondary N) is 1. The zero-order chi connectivity index (χ0) is 14.3. The number of hydrogen-bond acceptors (Lipinski definition) is 2. The van der Waals surface area contributed by atoms with Crippen LogP contribution in [-0.2, 0) is 11.2 Å².